The number of ether oxygens (including phenoxy) is 1. The van der Waals surface area contributed by atoms with Crippen LogP contribution in [-0.2, 0) is 5.41 Å². The number of nitrogens with zero attached hydrogens (tertiary/aromatic N) is 1. The maximum Gasteiger partial charge on any atom is 0.213 e. The van der Waals surface area contributed by atoms with E-state index in [4.69, 9.17) is 10.5 Å². The third kappa shape index (κ3) is 1.42. The molecule has 1 aromatic heterocycles. The van der Waals surface area contributed by atoms with E-state index in [-0.39, 0.29) is 5.41 Å². The minimum Gasteiger partial charge on any atom is -0.481 e. The fourth-order valence-corrected chi connectivity index (χ4v) is 2.49. The molecule has 1 saturated carbocycles. The van der Waals surface area contributed by atoms with Crippen molar-refractivity contribution < 1.29 is 4.74 Å². The van der Waals surface area contributed by atoms with Gasteiger partial charge in [-0.2, -0.15) is 0 Å². The molecule has 3 heteroatoms. The molecule has 0 amide bonds. The fraction of sp³-hybridized carbons (Fsp3) is 0.583. The molecule has 1 aromatic rings. The van der Waals surface area contributed by atoms with Gasteiger partial charge < -0.3 is 10.5 Å². The topological polar surface area (TPSA) is 48.1 Å². The van der Waals surface area contributed by atoms with Gasteiger partial charge in [0.1, 0.15) is 0 Å². The highest BCUT2D eigenvalue weighted by atomic mass is 16.5. The molecule has 15 heavy (non-hydrogen) atoms. The second-order valence-corrected chi connectivity index (χ2v) is 4.93. The van der Waals surface area contributed by atoms with Crippen LogP contribution >= 0.6 is 0 Å². The van der Waals surface area contributed by atoms with Gasteiger partial charge in [-0.3, -0.25) is 0 Å². The maximum absolute atomic E-state index is 5.91. The molecule has 2 N–H and O–H groups in total. The van der Waals surface area contributed by atoms with Gasteiger partial charge in [0, 0.05) is 24.2 Å². The van der Waals surface area contributed by atoms with E-state index in [2.05, 4.69) is 18.8 Å². The van der Waals surface area contributed by atoms with Crippen molar-refractivity contribution in [1.29, 1.82) is 0 Å². The van der Waals surface area contributed by atoms with Crippen LogP contribution in [0.25, 0.3) is 0 Å². The molecule has 0 bridgehead atoms. The zero-order valence-corrected chi connectivity index (χ0v) is 9.58. The Morgan fingerprint density at radius 1 is 1.53 bits per heavy atom. The summed E-state index contributed by atoms with van der Waals surface area (Å²) in [5.41, 5.74) is 7.59. The van der Waals surface area contributed by atoms with E-state index in [9.17, 15) is 0 Å². The lowest BCUT2D eigenvalue weighted by atomic mass is 9.88. The van der Waals surface area contributed by atoms with E-state index < -0.39 is 0 Å². The van der Waals surface area contributed by atoms with Crippen LogP contribution in [0.1, 0.15) is 25.8 Å². The monoisotopic (exact) mass is 206 g/mol. The van der Waals surface area contributed by atoms with Crippen LogP contribution in [0.5, 0.6) is 5.88 Å². The first kappa shape index (κ1) is 10.4. The Labute approximate surface area is 90.7 Å². The Kier molecular flexibility index (Phi) is 2.23. The fourth-order valence-electron chi connectivity index (χ4n) is 2.49. The van der Waals surface area contributed by atoms with Gasteiger partial charge in [0.2, 0.25) is 5.88 Å². The second-order valence-electron chi connectivity index (χ2n) is 4.93. The number of nitrogens with two attached hydrogens (primary N) is 1. The number of rotatable bonds is 3. The molecule has 0 spiro atoms. The van der Waals surface area contributed by atoms with Gasteiger partial charge in [0.25, 0.3) is 0 Å². The summed E-state index contributed by atoms with van der Waals surface area (Å²) in [5.74, 6) is 0.669. The third-order valence-corrected chi connectivity index (χ3v) is 3.76. The van der Waals surface area contributed by atoms with Crippen LogP contribution in [0.3, 0.4) is 0 Å². The molecule has 1 fully saturated rings. The molecule has 3 nitrogen and oxygen atoms in total. The van der Waals surface area contributed by atoms with Gasteiger partial charge in [0.15, 0.2) is 0 Å². The minimum atomic E-state index is 0.128. The van der Waals surface area contributed by atoms with Gasteiger partial charge in [-0.25, -0.2) is 4.98 Å². The quantitative estimate of drug-likeness (QED) is 0.819. The number of hydrogen-bond donors (Lipinski definition) is 1. The predicted molar refractivity (Wildman–Crippen MR) is 59.9 cm³/mol. The lowest BCUT2D eigenvalue weighted by Gasteiger charge is -2.19. The Morgan fingerprint density at radius 3 is 2.67 bits per heavy atom. The first-order chi connectivity index (χ1) is 7.05. The van der Waals surface area contributed by atoms with Crippen molar-refractivity contribution in [2.75, 3.05) is 13.7 Å². The van der Waals surface area contributed by atoms with E-state index >= 15 is 0 Å². The molecular formula is C12H18N2O. The minimum absolute atomic E-state index is 0.128. The summed E-state index contributed by atoms with van der Waals surface area (Å²) >= 11 is 0. The standard InChI is InChI=1S/C12H18N2O/c1-11(2)7-12(11,8-13)9-4-5-14-10(6-9)15-3/h4-6H,7-8,13H2,1-3H3. The third-order valence-electron chi connectivity index (χ3n) is 3.76. The Hall–Kier alpha value is -1.09. The second kappa shape index (κ2) is 3.20. The molecule has 0 radical (unpaired) electrons. The molecule has 0 saturated heterocycles. The molecule has 1 heterocycles. The Bertz CT molecular complexity index is 376. The molecule has 0 aromatic carbocycles. The van der Waals surface area contributed by atoms with Crippen molar-refractivity contribution in [3.8, 4) is 5.88 Å². The molecule has 2 rings (SSSR count). The van der Waals surface area contributed by atoms with E-state index in [1.54, 1.807) is 13.3 Å². The number of aromatic nitrogens is 1. The maximum atomic E-state index is 5.91. The highest BCUT2D eigenvalue weighted by Gasteiger charge is 2.61. The predicted octanol–water partition coefficient (Wildman–Crippen LogP) is 1.72. The summed E-state index contributed by atoms with van der Waals surface area (Å²) in [7, 11) is 1.64. The molecule has 0 aliphatic heterocycles. The average Bonchev–Trinajstić information content (AvgIpc) is 2.82. The molecule has 1 aliphatic rings. The van der Waals surface area contributed by atoms with E-state index in [0.717, 1.165) is 6.42 Å². The number of hydrogen-bond acceptors (Lipinski definition) is 3. The van der Waals surface area contributed by atoms with E-state index in [0.29, 0.717) is 17.8 Å². The van der Waals surface area contributed by atoms with Crippen LogP contribution in [0.4, 0.5) is 0 Å². The van der Waals surface area contributed by atoms with Gasteiger partial charge in [-0.1, -0.05) is 13.8 Å². The molecule has 82 valence electrons. The van der Waals surface area contributed by atoms with Crippen molar-refractivity contribution in [1.82, 2.24) is 4.98 Å². The Balaban J connectivity index is 2.37. The van der Waals surface area contributed by atoms with Crippen LogP contribution in [0.2, 0.25) is 0 Å². The van der Waals surface area contributed by atoms with Crippen molar-refractivity contribution in [3.05, 3.63) is 23.9 Å². The highest BCUT2D eigenvalue weighted by Crippen LogP contribution is 2.63. The normalized spacial score (nSPS) is 27.5. The first-order valence-electron chi connectivity index (χ1n) is 5.26. The zero-order chi connectivity index (χ0) is 11.1. The molecule has 1 unspecified atom stereocenters. The van der Waals surface area contributed by atoms with Crippen LogP contribution in [0, 0.1) is 5.41 Å². The summed E-state index contributed by atoms with van der Waals surface area (Å²) in [6.07, 6.45) is 2.93. The van der Waals surface area contributed by atoms with Gasteiger partial charge in [-0.15, -0.1) is 0 Å². The van der Waals surface area contributed by atoms with Crippen molar-refractivity contribution in [2.45, 2.75) is 25.7 Å². The lowest BCUT2D eigenvalue weighted by Crippen LogP contribution is -2.25. The largest absolute Gasteiger partial charge is 0.481 e. The van der Waals surface area contributed by atoms with Crippen LogP contribution < -0.4 is 10.5 Å². The SMILES string of the molecule is COc1cc(C2(CN)CC2(C)C)ccn1. The van der Waals surface area contributed by atoms with Crippen molar-refractivity contribution in [2.24, 2.45) is 11.1 Å². The summed E-state index contributed by atoms with van der Waals surface area (Å²) < 4.78 is 5.14. The zero-order valence-electron chi connectivity index (χ0n) is 9.58. The van der Waals surface area contributed by atoms with Crippen LogP contribution in [0.15, 0.2) is 18.3 Å². The smallest absolute Gasteiger partial charge is 0.213 e. The Morgan fingerprint density at radius 2 is 2.20 bits per heavy atom. The number of pyridine rings is 1. The van der Waals surface area contributed by atoms with Gasteiger partial charge >= 0.3 is 0 Å². The molecular weight excluding hydrogens is 188 g/mol. The van der Waals surface area contributed by atoms with Gasteiger partial charge in [-0.05, 0) is 23.5 Å². The first-order valence-corrected chi connectivity index (χ1v) is 5.26. The van der Waals surface area contributed by atoms with Crippen molar-refractivity contribution >= 4 is 0 Å². The summed E-state index contributed by atoms with van der Waals surface area (Å²) in [4.78, 5) is 4.12. The van der Waals surface area contributed by atoms with Crippen LogP contribution in [-0.4, -0.2) is 18.6 Å². The van der Waals surface area contributed by atoms with Gasteiger partial charge in [0.05, 0.1) is 7.11 Å². The summed E-state index contributed by atoms with van der Waals surface area (Å²) in [6.45, 7) is 5.20. The average molecular weight is 206 g/mol. The van der Waals surface area contributed by atoms with E-state index in [1.807, 2.05) is 12.1 Å². The summed E-state index contributed by atoms with van der Waals surface area (Å²) in [5, 5.41) is 0. The van der Waals surface area contributed by atoms with Crippen molar-refractivity contribution in [3.63, 3.8) is 0 Å². The number of methoxy groups -OCH3 is 1. The lowest BCUT2D eigenvalue weighted by molar-refractivity contribution is 0.395. The molecule has 1 aliphatic carbocycles. The van der Waals surface area contributed by atoms with E-state index in [1.165, 1.54) is 5.56 Å². The summed E-state index contributed by atoms with van der Waals surface area (Å²) in [6, 6.07) is 4.05. The molecule has 1 atom stereocenters. The highest BCUT2D eigenvalue weighted by molar-refractivity contribution is 5.39.